The van der Waals surface area contributed by atoms with Gasteiger partial charge in [-0.25, -0.2) is 9.66 Å². The van der Waals surface area contributed by atoms with Gasteiger partial charge in [0.25, 0.3) is 0 Å². The summed E-state index contributed by atoms with van der Waals surface area (Å²) >= 11 is 6.09. The number of pyridine rings is 1. The van der Waals surface area contributed by atoms with E-state index in [0.717, 1.165) is 17.5 Å². The van der Waals surface area contributed by atoms with Crippen LogP contribution in [0.25, 0.3) is 11.0 Å². The molecule has 3 aromatic rings. The maximum Gasteiger partial charge on any atom is 0.313 e. The maximum atomic E-state index is 12.6. The second-order valence-electron chi connectivity index (χ2n) is 6.22. The van der Waals surface area contributed by atoms with Gasteiger partial charge in [0.05, 0.1) is 5.02 Å². The number of nitrogens with two attached hydrogens (primary N) is 1. The maximum absolute atomic E-state index is 12.6. The van der Waals surface area contributed by atoms with Gasteiger partial charge in [0, 0.05) is 30.8 Å². The molecular formula is C18H18ClN5O3. The molecule has 0 amide bonds. The highest BCUT2D eigenvalue weighted by atomic mass is 35.5. The first kappa shape index (κ1) is 17.6. The van der Waals surface area contributed by atoms with Gasteiger partial charge in [0.2, 0.25) is 5.95 Å². The molecule has 4 rings (SSSR count). The molecular weight excluding hydrogens is 370 g/mol. The smallest absolute Gasteiger partial charge is 0.313 e. The number of ether oxygens (including phenoxy) is 2. The summed E-state index contributed by atoms with van der Waals surface area (Å²) in [5.41, 5.74) is -0.200. The Bertz CT molecular complexity index is 1030. The summed E-state index contributed by atoms with van der Waals surface area (Å²) < 4.78 is 12.0. The van der Waals surface area contributed by atoms with E-state index in [4.69, 9.17) is 26.9 Å². The van der Waals surface area contributed by atoms with Crippen LogP contribution in [0, 0.1) is 0 Å². The van der Waals surface area contributed by atoms with Gasteiger partial charge < -0.3 is 20.6 Å². The van der Waals surface area contributed by atoms with Crippen LogP contribution in [0.5, 0.6) is 11.5 Å². The molecule has 0 unspecified atom stereocenters. The zero-order valence-corrected chi connectivity index (χ0v) is 15.1. The fourth-order valence-electron chi connectivity index (χ4n) is 2.91. The second kappa shape index (κ2) is 7.42. The van der Waals surface area contributed by atoms with Crippen molar-refractivity contribution in [2.24, 2.45) is 0 Å². The first-order valence-electron chi connectivity index (χ1n) is 8.56. The molecule has 0 atom stereocenters. The molecule has 1 saturated heterocycles. The fourth-order valence-corrected chi connectivity index (χ4v) is 3.08. The summed E-state index contributed by atoms with van der Waals surface area (Å²) in [4.78, 5) is 21.3. The van der Waals surface area contributed by atoms with Gasteiger partial charge in [-0.2, -0.15) is 4.98 Å². The number of anilines is 1. The number of hydrogen-bond donors (Lipinski definition) is 2. The average Bonchev–Trinajstić information content (AvgIpc) is 2.69. The molecule has 9 heteroatoms. The number of halogens is 1. The number of rotatable bonds is 4. The van der Waals surface area contributed by atoms with Gasteiger partial charge in [-0.05, 0) is 31.0 Å². The zero-order valence-electron chi connectivity index (χ0n) is 14.4. The number of aromatic nitrogens is 3. The fraction of sp³-hybridized carbons (Fsp3) is 0.278. The molecule has 0 spiro atoms. The van der Waals surface area contributed by atoms with Crippen molar-refractivity contribution in [1.29, 1.82) is 0 Å². The monoisotopic (exact) mass is 387 g/mol. The SMILES string of the molecule is Nn1c(=O)c(Oc2ccccc2Cl)cc2cnc(NC3CCOCC3)nc21. The topological polar surface area (TPSA) is 104 Å². The lowest BCUT2D eigenvalue weighted by atomic mass is 10.1. The van der Waals surface area contributed by atoms with Crippen LogP contribution in [0.4, 0.5) is 5.95 Å². The molecule has 140 valence electrons. The van der Waals surface area contributed by atoms with Gasteiger partial charge in [0.15, 0.2) is 11.4 Å². The van der Waals surface area contributed by atoms with Crippen LogP contribution in [-0.4, -0.2) is 33.9 Å². The van der Waals surface area contributed by atoms with Crippen molar-refractivity contribution in [3.8, 4) is 11.5 Å². The van der Waals surface area contributed by atoms with Crippen LogP contribution in [0.15, 0.2) is 41.3 Å². The highest BCUT2D eigenvalue weighted by Crippen LogP contribution is 2.28. The molecule has 8 nitrogen and oxygen atoms in total. The highest BCUT2D eigenvalue weighted by Gasteiger charge is 2.17. The van der Waals surface area contributed by atoms with Crippen LogP contribution in [0.3, 0.4) is 0 Å². The average molecular weight is 388 g/mol. The lowest BCUT2D eigenvalue weighted by Crippen LogP contribution is -2.30. The van der Waals surface area contributed by atoms with Crippen molar-refractivity contribution < 1.29 is 9.47 Å². The highest BCUT2D eigenvalue weighted by molar-refractivity contribution is 6.32. The number of nitrogen functional groups attached to an aromatic ring is 1. The second-order valence-corrected chi connectivity index (χ2v) is 6.63. The minimum atomic E-state index is -0.516. The van der Waals surface area contributed by atoms with E-state index in [0.29, 0.717) is 41.0 Å². The summed E-state index contributed by atoms with van der Waals surface area (Å²) in [6.45, 7) is 1.41. The van der Waals surface area contributed by atoms with Gasteiger partial charge in [0.1, 0.15) is 5.75 Å². The number of benzene rings is 1. The Morgan fingerprint density at radius 1 is 1.26 bits per heavy atom. The first-order valence-corrected chi connectivity index (χ1v) is 8.94. The molecule has 0 bridgehead atoms. The summed E-state index contributed by atoms with van der Waals surface area (Å²) in [5.74, 6) is 6.81. The Kier molecular flexibility index (Phi) is 4.83. The van der Waals surface area contributed by atoms with Crippen molar-refractivity contribution in [2.45, 2.75) is 18.9 Å². The number of hydrogen-bond acceptors (Lipinski definition) is 7. The number of nitrogens with zero attached hydrogens (tertiary/aromatic N) is 3. The predicted molar refractivity (Wildman–Crippen MR) is 103 cm³/mol. The summed E-state index contributed by atoms with van der Waals surface area (Å²) in [6, 6.07) is 8.68. The van der Waals surface area contributed by atoms with E-state index in [9.17, 15) is 4.79 Å². The van der Waals surface area contributed by atoms with Gasteiger partial charge in [-0.1, -0.05) is 23.7 Å². The Balaban J connectivity index is 1.66. The van der Waals surface area contributed by atoms with Gasteiger partial charge in [-0.15, -0.1) is 0 Å². The summed E-state index contributed by atoms with van der Waals surface area (Å²) in [5, 5.41) is 4.24. The quantitative estimate of drug-likeness (QED) is 0.663. The molecule has 1 aromatic carbocycles. The van der Waals surface area contributed by atoms with E-state index in [-0.39, 0.29) is 11.8 Å². The first-order chi connectivity index (χ1) is 13.1. The van der Waals surface area contributed by atoms with E-state index >= 15 is 0 Å². The Hall–Kier alpha value is -2.84. The minimum absolute atomic E-state index is 0.0480. The van der Waals surface area contributed by atoms with Gasteiger partial charge in [-0.3, -0.25) is 4.79 Å². The number of para-hydroxylation sites is 1. The van der Waals surface area contributed by atoms with Gasteiger partial charge >= 0.3 is 5.56 Å². The molecule has 27 heavy (non-hydrogen) atoms. The van der Waals surface area contributed by atoms with Crippen LogP contribution >= 0.6 is 11.6 Å². The molecule has 1 aliphatic rings. The number of fused-ring (bicyclic) bond motifs is 1. The van der Waals surface area contributed by atoms with E-state index in [1.54, 1.807) is 36.5 Å². The summed E-state index contributed by atoms with van der Waals surface area (Å²) in [6.07, 6.45) is 3.36. The third kappa shape index (κ3) is 3.67. The molecule has 3 N–H and O–H groups in total. The third-order valence-electron chi connectivity index (χ3n) is 4.35. The molecule has 0 saturated carbocycles. The lowest BCUT2D eigenvalue weighted by Gasteiger charge is -2.23. The summed E-state index contributed by atoms with van der Waals surface area (Å²) in [7, 11) is 0. The van der Waals surface area contributed by atoms with Crippen LogP contribution < -0.4 is 21.5 Å². The van der Waals surface area contributed by atoms with E-state index in [1.807, 2.05) is 0 Å². The Labute approximate surface area is 159 Å². The zero-order chi connectivity index (χ0) is 18.8. The van der Waals surface area contributed by atoms with E-state index < -0.39 is 5.56 Å². The molecule has 2 aromatic heterocycles. The molecule has 0 aliphatic carbocycles. The lowest BCUT2D eigenvalue weighted by molar-refractivity contribution is 0.0903. The largest absolute Gasteiger partial charge is 0.450 e. The van der Waals surface area contributed by atoms with Crippen molar-refractivity contribution in [2.75, 3.05) is 24.4 Å². The normalized spacial score (nSPS) is 15.0. The molecule has 1 aliphatic heterocycles. The molecule has 0 radical (unpaired) electrons. The molecule has 1 fully saturated rings. The standard InChI is InChI=1S/C18H18ClN5O3/c19-13-3-1-2-4-14(13)27-15-9-11-10-21-18(22-12-5-7-26-8-6-12)23-16(11)24(20)17(15)25/h1-4,9-10,12H,5-8,20H2,(H,21,22,23). The Morgan fingerprint density at radius 2 is 2.04 bits per heavy atom. The van der Waals surface area contributed by atoms with Crippen molar-refractivity contribution >= 4 is 28.6 Å². The molecule has 3 heterocycles. The van der Waals surface area contributed by atoms with Crippen molar-refractivity contribution in [3.63, 3.8) is 0 Å². The van der Waals surface area contributed by atoms with Crippen molar-refractivity contribution in [3.05, 3.63) is 51.9 Å². The Morgan fingerprint density at radius 3 is 2.81 bits per heavy atom. The van der Waals surface area contributed by atoms with Crippen molar-refractivity contribution in [1.82, 2.24) is 14.6 Å². The van der Waals surface area contributed by atoms with E-state index in [1.165, 1.54) is 0 Å². The van der Waals surface area contributed by atoms with Crippen LogP contribution in [0.1, 0.15) is 12.8 Å². The number of nitrogens with one attached hydrogen (secondary N) is 1. The van der Waals surface area contributed by atoms with Crippen LogP contribution in [-0.2, 0) is 4.74 Å². The third-order valence-corrected chi connectivity index (χ3v) is 4.66. The van der Waals surface area contributed by atoms with E-state index in [2.05, 4.69) is 15.3 Å². The van der Waals surface area contributed by atoms with Crippen LogP contribution in [0.2, 0.25) is 5.02 Å². The predicted octanol–water partition coefficient (Wildman–Crippen LogP) is 2.54. The minimum Gasteiger partial charge on any atom is -0.450 e.